The smallest absolute Gasteiger partial charge is 0.329 e. The second-order valence-electron chi connectivity index (χ2n) is 7.96. The molecule has 0 radical (unpaired) electrons. The Bertz CT molecular complexity index is 1250. The number of urea groups is 1. The Morgan fingerprint density at radius 1 is 0.909 bits per heavy atom. The Balaban J connectivity index is 1.50. The number of rotatable bonds is 6. The summed E-state index contributed by atoms with van der Waals surface area (Å²) in [4.78, 5) is 26.4. The van der Waals surface area contributed by atoms with Crippen LogP contribution in [0.5, 0.6) is 5.75 Å². The highest BCUT2D eigenvalue weighted by atomic mass is 35.5. The van der Waals surface area contributed by atoms with Gasteiger partial charge in [-0.05, 0) is 48.7 Å². The molecule has 0 saturated carbocycles. The lowest BCUT2D eigenvalue weighted by Gasteiger charge is -2.12. The molecule has 168 valence electrons. The minimum absolute atomic E-state index is 0.160. The number of amides is 3. The Morgan fingerprint density at radius 2 is 1.52 bits per heavy atom. The van der Waals surface area contributed by atoms with E-state index in [4.69, 9.17) is 27.9 Å². The molecule has 0 aliphatic carbocycles. The van der Waals surface area contributed by atoms with E-state index >= 15 is 0 Å². The SMILES string of the molecule is Cc1cccc(COc2c(Cl)cc(/C=C3/NC(=O)N(Cc4cccc(C)c4)C3=O)cc2Cl)c1. The van der Waals surface area contributed by atoms with Gasteiger partial charge in [-0.3, -0.25) is 9.69 Å². The van der Waals surface area contributed by atoms with Gasteiger partial charge in [0.25, 0.3) is 5.91 Å². The van der Waals surface area contributed by atoms with Crippen molar-refractivity contribution in [2.45, 2.75) is 27.0 Å². The molecule has 0 spiro atoms. The summed E-state index contributed by atoms with van der Waals surface area (Å²) >= 11 is 12.8. The normalized spacial score (nSPS) is 14.7. The molecule has 0 bridgehead atoms. The summed E-state index contributed by atoms with van der Waals surface area (Å²) in [6, 6.07) is 18.5. The minimum Gasteiger partial charge on any atom is -0.486 e. The van der Waals surface area contributed by atoms with E-state index in [9.17, 15) is 9.59 Å². The van der Waals surface area contributed by atoms with Crippen molar-refractivity contribution in [1.82, 2.24) is 10.2 Å². The Kier molecular flexibility index (Phi) is 6.72. The maximum absolute atomic E-state index is 12.8. The molecule has 1 N–H and O–H groups in total. The fourth-order valence-electron chi connectivity index (χ4n) is 3.63. The van der Waals surface area contributed by atoms with Crippen LogP contribution in [-0.2, 0) is 17.9 Å². The largest absolute Gasteiger partial charge is 0.486 e. The van der Waals surface area contributed by atoms with Gasteiger partial charge in [0.1, 0.15) is 12.3 Å². The molecule has 5 nitrogen and oxygen atoms in total. The average molecular weight is 481 g/mol. The fourth-order valence-corrected chi connectivity index (χ4v) is 4.25. The molecule has 1 aliphatic rings. The quantitative estimate of drug-likeness (QED) is 0.333. The first-order valence-electron chi connectivity index (χ1n) is 10.4. The number of carbonyl (C=O) groups is 2. The van der Waals surface area contributed by atoms with Crippen molar-refractivity contribution in [3.8, 4) is 5.75 Å². The van der Waals surface area contributed by atoms with Crippen LogP contribution in [-0.4, -0.2) is 16.8 Å². The highest BCUT2D eigenvalue weighted by Crippen LogP contribution is 2.35. The van der Waals surface area contributed by atoms with Crippen LogP contribution in [0.3, 0.4) is 0 Å². The number of hydrogen-bond acceptors (Lipinski definition) is 3. The Labute approximate surface area is 202 Å². The first-order chi connectivity index (χ1) is 15.8. The predicted octanol–water partition coefficient (Wildman–Crippen LogP) is 6.28. The maximum Gasteiger partial charge on any atom is 0.329 e. The molecular formula is C26H22Cl2N2O3. The number of hydrogen-bond donors (Lipinski definition) is 1. The van der Waals surface area contributed by atoms with E-state index in [2.05, 4.69) is 5.32 Å². The topological polar surface area (TPSA) is 58.6 Å². The second-order valence-corrected chi connectivity index (χ2v) is 8.77. The highest BCUT2D eigenvalue weighted by Gasteiger charge is 2.33. The lowest BCUT2D eigenvalue weighted by Crippen LogP contribution is -2.30. The first-order valence-corrected chi connectivity index (χ1v) is 11.1. The molecule has 1 heterocycles. The van der Waals surface area contributed by atoms with Crippen molar-refractivity contribution < 1.29 is 14.3 Å². The van der Waals surface area contributed by atoms with Gasteiger partial charge in [0.15, 0.2) is 5.75 Å². The van der Waals surface area contributed by atoms with Gasteiger partial charge < -0.3 is 10.1 Å². The van der Waals surface area contributed by atoms with Crippen molar-refractivity contribution in [2.75, 3.05) is 0 Å². The second kappa shape index (κ2) is 9.69. The van der Waals surface area contributed by atoms with E-state index in [0.717, 1.165) is 22.3 Å². The fraction of sp³-hybridized carbons (Fsp3) is 0.154. The third kappa shape index (κ3) is 5.38. The first kappa shape index (κ1) is 22.9. The predicted molar refractivity (Wildman–Crippen MR) is 130 cm³/mol. The highest BCUT2D eigenvalue weighted by molar-refractivity contribution is 6.37. The van der Waals surface area contributed by atoms with E-state index in [1.807, 2.05) is 62.4 Å². The van der Waals surface area contributed by atoms with Crippen molar-refractivity contribution in [3.05, 3.63) is 104 Å². The summed E-state index contributed by atoms with van der Waals surface area (Å²) in [5.74, 6) is -0.0432. The number of nitrogens with zero attached hydrogens (tertiary/aromatic N) is 1. The summed E-state index contributed by atoms with van der Waals surface area (Å²) in [5, 5.41) is 3.25. The van der Waals surface area contributed by atoms with Crippen molar-refractivity contribution >= 4 is 41.2 Å². The van der Waals surface area contributed by atoms with E-state index in [0.29, 0.717) is 28.0 Å². The zero-order valence-corrected chi connectivity index (χ0v) is 19.7. The molecule has 4 rings (SSSR count). The van der Waals surface area contributed by atoms with Crippen LogP contribution in [0.15, 0.2) is 66.4 Å². The molecule has 7 heteroatoms. The maximum atomic E-state index is 12.8. The number of ether oxygens (including phenoxy) is 1. The number of carbonyl (C=O) groups excluding carboxylic acids is 2. The van der Waals surface area contributed by atoms with Crippen LogP contribution in [0.1, 0.15) is 27.8 Å². The van der Waals surface area contributed by atoms with Crippen LogP contribution in [0.4, 0.5) is 4.79 Å². The van der Waals surface area contributed by atoms with E-state index < -0.39 is 11.9 Å². The number of imide groups is 1. The van der Waals surface area contributed by atoms with Gasteiger partial charge in [0, 0.05) is 0 Å². The van der Waals surface area contributed by atoms with Gasteiger partial charge in [-0.25, -0.2) is 4.79 Å². The third-order valence-corrected chi connectivity index (χ3v) is 5.74. The lowest BCUT2D eigenvalue weighted by molar-refractivity contribution is -0.123. The van der Waals surface area contributed by atoms with E-state index in [-0.39, 0.29) is 12.2 Å². The van der Waals surface area contributed by atoms with Gasteiger partial charge in [0.2, 0.25) is 0 Å². The molecule has 1 fully saturated rings. The van der Waals surface area contributed by atoms with E-state index in [1.54, 1.807) is 18.2 Å². The van der Waals surface area contributed by atoms with Gasteiger partial charge in [0.05, 0.1) is 16.6 Å². The van der Waals surface area contributed by atoms with Gasteiger partial charge in [-0.2, -0.15) is 0 Å². The van der Waals surface area contributed by atoms with Crippen LogP contribution < -0.4 is 10.1 Å². The molecule has 3 amide bonds. The van der Waals surface area contributed by atoms with Crippen LogP contribution in [0, 0.1) is 13.8 Å². The molecule has 33 heavy (non-hydrogen) atoms. The lowest BCUT2D eigenvalue weighted by atomic mass is 10.1. The summed E-state index contributed by atoms with van der Waals surface area (Å²) in [6.45, 7) is 4.49. The molecule has 0 atom stereocenters. The molecule has 0 unspecified atom stereocenters. The Morgan fingerprint density at radius 3 is 2.15 bits per heavy atom. The van der Waals surface area contributed by atoms with Crippen molar-refractivity contribution in [3.63, 3.8) is 0 Å². The molecule has 0 aromatic heterocycles. The van der Waals surface area contributed by atoms with E-state index in [1.165, 1.54) is 4.90 Å². The van der Waals surface area contributed by atoms with Crippen molar-refractivity contribution in [2.24, 2.45) is 0 Å². The van der Waals surface area contributed by atoms with Gasteiger partial charge in [-0.15, -0.1) is 0 Å². The van der Waals surface area contributed by atoms with Crippen LogP contribution in [0.25, 0.3) is 6.08 Å². The molecule has 3 aromatic rings. The summed E-state index contributed by atoms with van der Waals surface area (Å²) in [6.07, 6.45) is 1.55. The number of nitrogens with one attached hydrogen (secondary N) is 1. The molecule has 1 aliphatic heterocycles. The Hall–Kier alpha value is -3.28. The monoisotopic (exact) mass is 480 g/mol. The van der Waals surface area contributed by atoms with Crippen LogP contribution >= 0.6 is 23.2 Å². The summed E-state index contributed by atoms with van der Waals surface area (Å²) in [7, 11) is 0. The summed E-state index contributed by atoms with van der Waals surface area (Å²) in [5.41, 5.74) is 4.81. The molecule has 1 saturated heterocycles. The minimum atomic E-state index is -0.469. The number of halogens is 2. The number of benzene rings is 3. The molecular weight excluding hydrogens is 459 g/mol. The standard InChI is InChI=1S/C26H22Cl2N2O3/c1-16-5-3-7-18(9-16)14-30-25(31)23(29-26(30)32)13-20-11-21(27)24(22(28)12-20)33-15-19-8-4-6-17(2)10-19/h3-13H,14-15H2,1-2H3,(H,29,32)/b23-13+. The zero-order chi connectivity index (χ0) is 23.5. The average Bonchev–Trinajstić information content (AvgIpc) is 3.00. The molecule has 3 aromatic carbocycles. The van der Waals surface area contributed by atoms with Crippen molar-refractivity contribution in [1.29, 1.82) is 0 Å². The third-order valence-electron chi connectivity index (χ3n) is 5.18. The van der Waals surface area contributed by atoms with Gasteiger partial charge >= 0.3 is 6.03 Å². The van der Waals surface area contributed by atoms with Crippen LogP contribution in [0.2, 0.25) is 10.0 Å². The summed E-state index contributed by atoms with van der Waals surface area (Å²) < 4.78 is 5.84. The van der Waals surface area contributed by atoms with Gasteiger partial charge in [-0.1, -0.05) is 82.9 Å². The number of aryl methyl sites for hydroxylation is 2. The zero-order valence-electron chi connectivity index (χ0n) is 18.2.